The van der Waals surface area contributed by atoms with E-state index in [4.69, 9.17) is 11.6 Å². The largest absolute Gasteiger partial charge is 0.341 e. The standard InChI is InChI=1S/C15H21ClN4O4S/c1-11(14(21)18-15(22)17-2)19-6-8-20(9-7-19)25(23,24)13-5-3-4-12(16)10-13/h3-5,10-11H,6-9H2,1-2H3,(H2,17,18,21,22)/p+1/t11-/m1/s1. The zero-order chi connectivity index (χ0) is 18.6. The average Bonchev–Trinajstić information content (AvgIpc) is 2.61. The molecule has 138 valence electrons. The number of halogens is 1. The Morgan fingerprint density at radius 3 is 2.48 bits per heavy atom. The zero-order valence-electron chi connectivity index (χ0n) is 14.1. The van der Waals surface area contributed by atoms with E-state index in [-0.39, 0.29) is 10.8 Å². The molecule has 1 heterocycles. The molecule has 0 bridgehead atoms. The molecule has 0 spiro atoms. The monoisotopic (exact) mass is 389 g/mol. The third-order valence-electron chi connectivity index (χ3n) is 4.27. The van der Waals surface area contributed by atoms with Gasteiger partial charge < -0.3 is 10.2 Å². The lowest BCUT2D eigenvalue weighted by molar-refractivity contribution is -0.917. The van der Waals surface area contributed by atoms with Crippen LogP contribution >= 0.6 is 11.6 Å². The maximum atomic E-state index is 12.7. The SMILES string of the molecule is CNC(=O)NC(=O)[C@@H](C)[NH+]1CCN(S(=O)(=O)c2cccc(Cl)c2)CC1. The summed E-state index contributed by atoms with van der Waals surface area (Å²) >= 11 is 5.88. The number of amides is 3. The molecule has 3 N–H and O–H groups in total. The van der Waals surface area contributed by atoms with Gasteiger partial charge in [0.25, 0.3) is 5.91 Å². The Kier molecular flexibility index (Phi) is 6.39. The summed E-state index contributed by atoms with van der Waals surface area (Å²) in [7, 11) is -2.18. The van der Waals surface area contributed by atoms with Gasteiger partial charge in [0.15, 0.2) is 6.04 Å². The van der Waals surface area contributed by atoms with Gasteiger partial charge in [-0.05, 0) is 25.1 Å². The number of hydrogen-bond donors (Lipinski definition) is 3. The van der Waals surface area contributed by atoms with Gasteiger partial charge in [-0.25, -0.2) is 13.2 Å². The lowest BCUT2D eigenvalue weighted by Gasteiger charge is -2.34. The Labute approximate surface area is 152 Å². The molecule has 1 aromatic rings. The number of sulfonamides is 1. The summed E-state index contributed by atoms with van der Waals surface area (Å²) in [5.41, 5.74) is 0. The van der Waals surface area contributed by atoms with E-state index < -0.39 is 22.1 Å². The molecular formula is C15H22ClN4O4S+. The van der Waals surface area contributed by atoms with E-state index in [0.29, 0.717) is 31.2 Å². The number of benzene rings is 1. The van der Waals surface area contributed by atoms with Crippen molar-refractivity contribution in [1.29, 1.82) is 0 Å². The predicted octanol–water partition coefficient (Wildman–Crippen LogP) is -0.927. The summed E-state index contributed by atoms with van der Waals surface area (Å²) in [6.45, 7) is 3.25. The molecule has 0 unspecified atom stereocenters. The van der Waals surface area contributed by atoms with Crippen LogP contribution in [0, 0.1) is 0 Å². The Hall–Kier alpha value is -1.68. The van der Waals surface area contributed by atoms with Crippen LogP contribution < -0.4 is 15.5 Å². The van der Waals surface area contributed by atoms with Gasteiger partial charge in [-0.1, -0.05) is 17.7 Å². The lowest BCUT2D eigenvalue weighted by atomic mass is 10.2. The number of urea groups is 1. The summed E-state index contributed by atoms with van der Waals surface area (Å²) in [5, 5.41) is 4.93. The van der Waals surface area contributed by atoms with Gasteiger partial charge in [-0.2, -0.15) is 4.31 Å². The van der Waals surface area contributed by atoms with E-state index in [0.717, 1.165) is 4.90 Å². The Bertz CT molecular complexity index is 748. The second-order valence-corrected chi connectivity index (χ2v) is 8.18. The minimum atomic E-state index is -3.61. The Morgan fingerprint density at radius 1 is 1.28 bits per heavy atom. The van der Waals surface area contributed by atoms with Crippen molar-refractivity contribution in [3.05, 3.63) is 29.3 Å². The van der Waals surface area contributed by atoms with Crippen LogP contribution in [0.1, 0.15) is 6.92 Å². The van der Waals surface area contributed by atoms with Gasteiger partial charge in [-0.15, -0.1) is 0 Å². The number of rotatable bonds is 4. The molecule has 1 saturated heterocycles. The van der Waals surface area contributed by atoms with E-state index in [1.54, 1.807) is 19.1 Å². The van der Waals surface area contributed by atoms with Crippen LogP contribution in [0.4, 0.5) is 4.79 Å². The van der Waals surface area contributed by atoms with Crippen molar-refractivity contribution in [3.8, 4) is 0 Å². The van der Waals surface area contributed by atoms with Crippen molar-refractivity contribution in [2.75, 3.05) is 33.2 Å². The molecular weight excluding hydrogens is 368 g/mol. The highest BCUT2D eigenvalue weighted by atomic mass is 35.5. The highest BCUT2D eigenvalue weighted by Gasteiger charge is 2.34. The fourth-order valence-electron chi connectivity index (χ4n) is 2.69. The average molecular weight is 390 g/mol. The van der Waals surface area contributed by atoms with Gasteiger partial charge in [0.05, 0.1) is 31.1 Å². The molecule has 3 amide bonds. The van der Waals surface area contributed by atoms with Crippen molar-refractivity contribution in [2.24, 2.45) is 0 Å². The molecule has 25 heavy (non-hydrogen) atoms. The molecule has 2 rings (SSSR count). The third kappa shape index (κ3) is 4.69. The summed E-state index contributed by atoms with van der Waals surface area (Å²) in [6.07, 6.45) is 0. The summed E-state index contributed by atoms with van der Waals surface area (Å²) in [6, 6.07) is 5.15. The first-order valence-corrected chi connectivity index (χ1v) is 9.70. The Morgan fingerprint density at radius 2 is 1.92 bits per heavy atom. The molecule has 10 heteroatoms. The maximum absolute atomic E-state index is 12.7. The van der Waals surface area contributed by atoms with Gasteiger partial charge in [0.2, 0.25) is 10.0 Å². The number of carbonyl (C=O) groups is 2. The molecule has 0 saturated carbocycles. The van der Waals surface area contributed by atoms with Crippen LogP contribution in [-0.2, 0) is 14.8 Å². The van der Waals surface area contributed by atoms with Gasteiger partial charge >= 0.3 is 6.03 Å². The van der Waals surface area contributed by atoms with E-state index in [1.807, 2.05) is 0 Å². The molecule has 8 nitrogen and oxygen atoms in total. The molecule has 1 aliphatic rings. The molecule has 0 aliphatic carbocycles. The lowest BCUT2D eigenvalue weighted by Crippen LogP contribution is -3.19. The minimum absolute atomic E-state index is 0.161. The van der Waals surface area contributed by atoms with E-state index in [1.165, 1.54) is 23.5 Å². The predicted molar refractivity (Wildman–Crippen MR) is 93.0 cm³/mol. The Balaban J connectivity index is 1.99. The first kappa shape index (κ1) is 19.6. The van der Waals surface area contributed by atoms with Crippen LogP contribution in [-0.4, -0.2) is 63.9 Å². The summed E-state index contributed by atoms with van der Waals surface area (Å²) in [4.78, 5) is 24.3. The quantitative estimate of drug-likeness (QED) is 0.619. The van der Waals surface area contributed by atoms with Crippen molar-refractivity contribution in [1.82, 2.24) is 14.9 Å². The summed E-state index contributed by atoms with van der Waals surface area (Å²) in [5.74, 6) is -0.388. The van der Waals surface area contributed by atoms with Crippen LogP contribution in [0.3, 0.4) is 0 Å². The molecule has 1 aromatic carbocycles. The first-order chi connectivity index (χ1) is 11.8. The van der Waals surface area contributed by atoms with Crippen LogP contribution in [0.25, 0.3) is 0 Å². The van der Waals surface area contributed by atoms with Crippen molar-refractivity contribution in [2.45, 2.75) is 17.9 Å². The number of imide groups is 1. The molecule has 1 atom stereocenters. The van der Waals surface area contributed by atoms with Crippen LogP contribution in [0.15, 0.2) is 29.2 Å². The van der Waals surface area contributed by atoms with Crippen molar-refractivity contribution < 1.29 is 22.9 Å². The maximum Gasteiger partial charge on any atom is 0.321 e. The fourth-order valence-corrected chi connectivity index (χ4v) is 4.43. The molecule has 0 aromatic heterocycles. The third-order valence-corrected chi connectivity index (χ3v) is 6.40. The van der Waals surface area contributed by atoms with E-state index >= 15 is 0 Å². The highest BCUT2D eigenvalue weighted by molar-refractivity contribution is 7.89. The number of nitrogens with one attached hydrogen (secondary N) is 3. The van der Waals surface area contributed by atoms with Crippen molar-refractivity contribution in [3.63, 3.8) is 0 Å². The van der Waals surface area contributed by atoms with Gasteiger partial charge in [0.1, 0.15) is 0 Å². The van der Waals surface area contributed by atoms with Gasteiger partial charge in [-0.3, -0.25) is 10.1 Å². The fraction of sp³-hybridized carbons (Fsp3) is 0.467. The number of nitrogens with zero attached hydrogens (tertiary/aromatic N) is 1. The summed E-state index contributed by atoms with van der Waals surface area (Å²) < 4.78 is 26.7. The number of piperazine rings is 1. The van der Waals surface area contributed by atoms with Crippen LogP contribution in [0.5, 0.6) is 0 Å². The first-order valence-electron chi connectivity index (χ1n) is 7.88. The topological polar surface area (TPSA) is 100 Å². The number of carbonyl (C=O) groups excluding carboxylic acids is 2. The van der Waals surface area contributed by atoms with E-state index in [2.05, 4.69) is 10.6 Å². The highest BCUT2D eigenvalue weighted by Crippen LogP contribution is 2.19. The van der Waals surface area contributed by atoms with Gasteiger partial charge in [0, 0.05) is 12.1 Å². The minimum Gasteiger partial charge on any atom is -0.341 e. The molecule has 1 fully saturated rings. The second kappa shape index (κ2) is 8.13. The smallest absolute Gasteiger partial charge is 0.321 e. The number of hydrogen-bond acceptors (Lipinski definition) is 4. The van der Waals surface area contributed by atoms with Crippen LogP contribution in [0.2, 0.25) is 5.02 Å². The van der Waals surface area contributed by atoms with E-state index in [9.17, 15) is 18.0 Å². The molecule has 1 aliphatic heterocycles. The zero-order valence-corrected chi connectivity index (χ0v) is 15.7. The number of quaternary nitrogens is 1. The molecule has 0 radical (unpaired) electrons. The van der Waals surface area contributed by atoms with Crippen molar-refractivity contribution >= 4 is 33.6 Å². The second-order valence-electron chi connectivity index (χ2n) is 5.81. The normalized spacial score (nSPS) is 17.7.